The van der Waals surface area contributed by atoms with Crippen LogP contribution in [0.1, 0.15) is 48.0 Å². The van der Waals surface area contributed by atoms with Crippen LogP contribution in [0, 0.1) is 6.92 Å². The molecule has 104 valence electrons. The first-order valence-corrected chi connectivity index (χ1v) is 8.04. The Morgan fingerprint density at radius 3 is 2.68 bits per heavy atom. The van der Waals surface area contributed by atoms with Crippen LogP contribution in [0.25, 0.3) is 0 Å². The summed E-state index contributed by atoms with van der Waals surface area (Å²) in [6, 6.07) is 5.74. The molecule has 0 unspecified atom stereocenters. The predicted octanol–water partition coefficient (Wildman–Crippen LogP) is 4.43. The lowest BCUT2D eigenvalue weighted by Gasteiger charge is -2.36. The molecule has 19 heavy (non-hydrogen) atoms. The highest BCUT2D eigenvalue weighted by Gasteiger charge is 2.33. The van der Waals surface area contributed by atoms with E-state index in [1.54, 1.807) is 0 Å². The van der Waals surface area contributed by atoms with Crippen molar-refractivity contribution in [2.24, 2.45) is 0 Å². The number of aryl methyl sites for hydroxylation is 1. The van der Waals surface area contributed by atoms with Gasteiger partial charge in [0.15, 0.2) is 0 Å². The maximum atomic E-state index is 12.5. The summed E-state index contributed by atoms with van der Waals surface area (Å²) in [5.41, 5.74) is 1.53. The summed E-state index contributed by atoms with van der Waals surface area (Å²) >= 11 is 9.60. The molecule has 1 aliphatic carbocycles. The standard InChI is InChI=1S/C15H19BrClNO/c1-11-6-5-7-12(13(11)16)14(19)18-15(10-17)8-3-2-4-9-15/h5-7H,2-4,8-10H2,1H3,(H,18,19). The highest BCUT2D eigenvalue weighted by Crippen LogP contribution is 2.30. The second-order valence-corrected chi connectivity index (χ2v) is 6.43. The van der Waals surface area contributed by atoms with Crippen LogP contribution in [0.3, 0.4) is 0 Å². The summed E-state index contributed by atoms with van der Waals surface area (Å²) in [6.07, 6.45) is 5.48. The van der Waals surface area contributed by atoms with Gasteiger partial charge in [0.1, 0.15) is 0 Å². The van der Waals surface area contributed by atoms with E-state index in [4.69, 9.17) is 11.6 Å². The van der Waals surface area contributed by atoms with Crippen molar-refractivity contribution in [3.8, 4) is 0 Å². The number of benzene rings is 1. The van der Waals surface area contributed by atoms with Gasteiger partial charge in [-0.3, -0.25) is 4.79 Å². The van der Waals surface area contributed by atoms with Gasteiger partial charge in [0.2, 0.25) is 0 Å². The van der Waals surface area contributed by atoms with Crippen molar-refractivity contribution < 1.29 is 4.79 Å². The van der Waals surface area contributed by atoms with Crippen LogP contribution in [0.4, 0.5) is 0 Å². The van der Waals surface area contributed by atoms with Gasteiger partial charge in [-0.1, -0.05) is 31.4 Å². The molecule has 0 aliphatic heterocycles. The highest BCUT2D eigenvalue weighted by molar-refractivity contribution is 9.10. The second-order valence-electron chi connectivity index (χ2n) is 5.37. The average Bonchev–Trinajstić information content (AvgIpc) is 2.42. The Morgan fingerprint density at radius 2 is 2.05 bits per heavy atom. The number of carbonyl (C=O) groups is 1. The molecule has 1 aliphatic rings. The van der Waals surface area contributed by atoms with Crippen molar-refractivity contribution in [1.82, 2.24) is 5.32 Å². The van der Waals surface area contributed by atoms with Gasteiger partial charge >= 0.3 is 0 Å². The lowest BCUT2D eigenvalue weighted by molar-refractivity contribution is 0.0884. The van der Waals surface area contributed by atoms with Crippen LogP contribution in [-0.4, -0.2) is 17.3 Å². The van der Waals surface area contributed by atoms with E-state index in [0.29, 0.717) is 11.4 Å². The third-order valence-electron chi connectivity index (χ3n) is 3.88. The number of amides is 1. The molecule has 1 fully saturated rings. The maximum absolute atomic E-state index is 12.5. The lowest BCUT2D eigenvalue weighted by atomic mass is 9.83. The zero-order chi connectivity index (χ0) is 13.9. The van der Waals surface area contributed by atoms with Crippen molar-refractivity contribution in [1.29, 1.82) is 0 Å². The summed E-state index contributed by atoms with van der Waals surface area (Å²) in [5.74, 6) is 0.459. The first-order chi connectivity index (χ1) is 9.08. The summed E-state index contributed by atoms with van der Waals surface area (Å²) in [4.78, 5) is 12.5. The Morgan fingerprint density at radius 1 is 1.37 bits per heavy atom. The van der Waals surface area contributed by atoms with Crippen molar-refractivity contribution in [3.63, 3.8) is 0 Å². The summed E-state index contributed by atoms with van der Waals surface area (Å²) < 4.78 is 0.869. The molecule has 1 amide bonds. The molecular formula is C15H19BrClNO. The normalized spacial score (nSPS) is 18.1. The minimum atomic E-state index is -0.222. The molecule has 1 aromatic rings. The number of hydrogen-bond acceptors (Lipinski definition) is 1. The van der Waals surface area contributed by atoms with E-state index in [1.165, 1.54) is 6.42 Å². The Labute approximate surface area is 128 Å². The number of halogens is 2. The van der Waals surface area contributed by atoms with Crippen molar-refractivity contribution >= 4 is 33.4 Å². The van der Waals surface area contributed by atoms with Gasteiger partial charge in [-0.15, -0.1) is 11.6 Å². The summed E-state index contributed by atoms with van der Waals surface area (Å²) in [6.45, 7) is 1.98. The first-order valence-electron chi connectivity index (χ1n) is 6.72. The van der Waals surface area contributed by atoms with E-state index in [1.807, 2.05) is 25.1 Å². The van der Waals surface area contributed by atoms with Crippen LogP contribution in [0.2, 0.25) is 0 Å². The Kier molecular flexibility index (Phi) is 4.91. The number of rotatable bonds is 3. The number of nitrogens with one attached hydrogen (secondary N) is 1. The minimum absolute atomic E-state index is 0.0295. The second kappa shape index (κ2) is 6.27. The Balaban J connectivity index is 2.17. The fourth-order valence-electron chi connectivity index (χ4n) is 2.65. The van der Waals surface area contributed by atoms with Crippen LogP contribution >= 0.6 is 27.5 Å². The molecule has 0 heterocycles. The smallest absolute Gasteiger partial charge is 0.252 e. The van der Waals surface area contributed by atoms with E-state index in [2.05, 4.69) is 21.2 Å². The SMILES string of the molecule is Cc1cccc(C(=O)NC2(CCl)CCCCC2)c1Br. The third-order valence-corrected chi connectivity index (χ3v) is 5.45. The van der Waals surface area contributed by atoms with E-state index < -0.39 is 0 Å². The van der Waals surface area contributed by atoms with Crippen molar-refractivity contribution in [3.05, 3.63) is 33.8 Å². The molecule has 0 bridgehead atoms. The van der Waals surface area contributed by atoms with Gasteiger partial charge in [-0.2, -0.15) is 0 Å². The monoisotopic (exact) mass is 343 g/mol. The molecule has 0 aromatic heterocycles. The molecule has 1 N–H and O–H groups in total. The van der Waals surface area contributed by atoms with E-state index in [9.17, 15) is 4.79 Å². The molecule has 2 rings (SSSR count). The fraction of sp³-hybridized carbons (Fsp3) is 0.533. The zero-order valence-electron chi connectivity index (χ0n) is 11.1. The van der Waals surface area contributed by atoms with Gasteiger partial charge in [-0.05, 0) is 47.3 Å². The van der Waals surface area contributed by atoms with Gasteiger partial charge in [0.05, 0.1) is 11.1 Å². The average molecular weight is 345 g/mol. The number of hydrogen-bond donors (Lipinski definition) is 1. The first kappa shape index (κ1) is 14.9. The number of carbonyl (C=O) groups excluding carboxylic acids is 1. The van der Waals surface area contributed by atoms with Crippen molar-refractivity contribution in [2.75, 3.05) is 5.88 Å². The topological polar surface area (TPSA) is 29.1 Å². The predicted molar refractivity (Wildman–Crippen MR) is 82.9 cm³/mol. The van der Waals surface area contributed by atoms with E-state index >= 15 is 0 Å². The van der Waals surface area contributed by atoms with Gasteiger partial charge in [0.25, 0.3) is 5.91 Å². The molecular weight excluding hydrogens is 326 g/mol. The molecule has 0 radical (unpaired) electrons. The molecule has 1 aromatic carbocycles. The quantitative estimate of drug-likeness (QED) is 0.808. The minimum Gasteiger partial charge on any atom is -0.345 e. The largest absolute Gasteiger partial charge is 0.345 e. The Hall–Kier alpha value is -0.540. The highest BCUT2D eigenvalue weighted by atomic mass is 79.9. The maximum Gasteiger partial charge on any atom is 0.252 e. The van der Waals surface area contributed by atoms with Crippen LogP contribution < -0.4 is 5.32 Å². The van der Waals surface area contributed by atoms with E-state index in [-0.39, 0.29) is 11.4 Å². The van der Waals surface area contributed by atoms with Gasteiger partial charge in [-0.25, -0.2) is 0 Å². The molecule has 0 spiro atoms. The van der Waals surface area contributed by atoms with Crippen LogP contribution in [-0.2, 0) is 0 Å². The van der Waals surface area contributed by atoms with Gasteiger partial charge < -0.3 is 5.32 Å². The summed E-state index contributed by atoms with van der Waals surface area (Å²) in [7, 11) is 0. The van der Waals surface area contributed by atoms with Crippen molar-refractivity contribution in [2.45, 2.75) is 44.6 Å². The fourth-order valence-corrected chi connectivity index (χ4v) is 3.43. The number of alkyl halides is 1. The molecule has 0 atom stereocenters. The summed E-state index contributed by atoms with van der Waals surface area (Å²) in [5, 5.41) is 3.17. The molecule has 0 saturated heterocycles. The third kappa shape index (κ3) is 3.32. The van der Waals surface area contributed by atoms with Crippen LogP contribution in [0.5, 0.6) is 0 Å². The molecule has 2 nitrogen and oxygen atoms in total. The molecule has 4 heteroatoms. The Bertz CT molecular complexity index is 469. The lowest BCUT2D eigenvalue weighted by Crippen LogP contribution is -2.51. The van der Waals surface area contributed by atoms with Gasteiger partial charge in [0, 0.05) is 10.4 Å². The van der Waals surface area contributed by atoms with Crippen LogP contribution in [0.15, 0.2) is 22.7 Å². The van der Waals surface area contributed by atoms with E-state index in [0.717, 1.165) is 35.7 Å². The zero-order valence-corrected chi connectivity index (χ0v) is 13.5. The molecule has 1 saturated carbocycles.